The van der Waals surface area contributed by atoms with Gasteiger partial charge in [0.15, 0.2) is 16.6 Å². The summed E-state index contributed by atoms with van der Waals surface area (Å²) in [5, 5.41) is 25.9. The summed E-state index contributed by atoms with van der Waals surface area (Å²) in [6.07, 6.45) is 1.49. The third-order valence-electron chi connectivity index (χ3n) is 2.77. The Morgan fingerprint density at radius 1 is 1.14 bits per heavy atom. The van der Waals surface area contributed by atoms with Gasteiger partial charge in [-0.2, -0.15) is 5.10 Å². The van der Waals surface area contributed by atoms with Gasteiger partial charge in [0.2, 0.25) is 0 Å². The summed E-state index contributed by atoms with van der Waals surface area (Å²) in [7, 11) is 0. The topological polar surface area (TPSA) is 76.9 Å². The average Bonchev–Trinajstić information content (AvgIpc) is 2.45. The molecule has 0 saturated carbocycles. The van der Waals surface area contributed by atoms with Crippen LogP contribution < -0.4 is 10.7 Å². The van der Waals surface area contributed by atoms with Crippen LogP contribution in [0.1, 0.15) is 11.1 Å². The highest BCUT2D eigenvalue weighted by Crippen LogP contribution is 2.23. The second-order valence-electron chi connectivity index (χ2n) is 4.39. The maximum Gasteiger partial charge on any atom is 0.191 e. The number of aromatic hydroxyl groups is 2. The normalized spacial score (nSPS) is 10.5. The second kappa shape index (κ2) is 6.71. The lowest BCUT2D eigenvalue weighted by Gasteiger charge is -2.09. The molecule has 0 aliphatic rings. The molecule has 0 saturated heterocycles. The van der Waals surface area contributed by atoms with Crippen molar-refractivity contribution in [3.63, 3.8) is 0 Å². The minimum Gasteiger partial charge on any atom is -0.504 e. The number of nitrogens with zero attached hydrogens (tertiary/aromatic N) is 1. The summed E-state index contributed by atoms with van der Waals surface area (Å²) >= 11 is 5.13. The molecule has 0 aliphatic carbocycles. The molecule has 0 aromatic heterocycles. The van der Waals surface area contributed by atoms with Gasteiger partial charge in [0.25, 0.3) is 0 Å². The molecule has 0 unspecified atom stereocenters. The highest BCUT2D eigenvalue weighted by Gasteiger charge is 2.00. The van der Waals surface area contributed by atoms with E-state index in [1.54, 1.807) is 6.07 Å². The van der Waals surface area contributed by atoms with Crippen LogP contribution in [0.5, 0.6) is 11.5 Å². The standard InChI is InChI=1S/C15H15N3O2S/c1-10-4-2-3-5-12(10)17-15(21)18-16-9-11-6-7-13(19)14(20)8-11/h2-9,19-20H,1H3,(H2,17,18,21)/b16-9+. The van der Waals surface area contributed by atoms with Crippen molar-refractivity contribution in [2.24, 2.45) is 5.10 Å². The van der Waals surface area contributed by atoms with Gasteiger partial charge >= 0.3 is 0 Å². The SMILES string of the molecule is Cc1ccccc1NC(=S)N/N=C/c1ccc(O)c(O)c1. The Morgan fingerprint density at radius 3 is 2.62 bits per heavy atom. The fourth-order valence-electron chi connectivity index (χ4n) is 1.65. The molecule has 5 nitrogen and oxygen atoms in total. The lowest BCUT2D eigenvalue weighted by Crippen LogP contribution is -2.24. The van der Waals surface area contributed by atoms with E-state index >= 15 is 0 Å². The van der Waals surface area contributed by atoms with Crippen LogP contribution >= 0.6 is 12.2 Å². The zero-order valence-electron chi connectivity index (χ0n) is 11.4. The number of rotatable bonds is 3. The molecule has 0 spiro atoms. The van der Waals surface area contributed by atoms with Gasteiger partial charge in [0.1, 0.15) is 0 Å². The molecule has 4 N–H and O–H groups in total. The number of hydrazone groups is 1. The number of nitrogens with one attached hydrogen (secondary N) is 2. The Morgan fingerprint density at radius 2 is 1.90 bits per heavy atom. The lowest BCUT2D eigenvalue weighted by atomic mass is 10.2. The minimum absolute atomic E-state index is 0.170. The third-order valence-corrected chi connectivity index (χ3v) is 2.97. The van der Waals surface area contributed by atoms with E-state index in [9.17, 15) is 10.2 Å². The van der Waals surface area contributed by atoms with Crippen molar-refractivity contribution in [1.82, 2.24) is 5.43 Å². The zero-order valence-corrected chi connectivity index (χ0v) is 12.2. The summed E-state index contributed by atoms with van der Waals surface area (Å²) < 4.78 is 0. The molecule has 0 atom stereocenters. The fraction of sp³-hybridized carbons (Fsp3) is 0.0667. The van der Waals surface area contributed by atoms with Crippen molar-refractivity contribution in [3.8, 4) is 11.5 Å². The highest BCUT2D eigenvalue weighted by molar-refractivity contribution is 7.80. The van der Waals surface area contributed by atoms with Crippen LogP contribution in [0.25, 0.3) is 0 Å². The van der Waals surface area contributed by atoms with Crippen molar-refractivity contribution >= 4 is 29.2 Å². The van der Waals surface area contributed by atoms with Gasteiger partial charge in [-0.1, -0.05) is 18.2 Å². The van der Waals surface area contributed by atoms with E-state index < -0.39 is 0 Å². The van der Waals surface area contributed by atoms with Crippen LogP contribution in [0.4, 0.5) is 5.69 Å². The van der Waals surface area contributed by atoms with E-state index in [0.717, 1.165) is 11.3 Å². The first-order chi connectivity index (χ1) is 10.1. The Labute approximate surface area is 127 Å². The molecule has 0 fully saturated rings. The smallest absolute Gasteiger partial charge is 0.191 e. The van der Waals surface area contributed by atoms with Gasteiger partial charge in [-0.15, -0.1) is 0 Å². The van der Waals surface area contributed by atoms with E-state index in [1.807, 2.05) is 31.2 Å². The molecule has 2 rings (SSSR count). The Balaban J connectivity index is 1.93. The lowest BCUT2D eigenvalue weighted by molar-refractivity contribution is 0.403. The van der Waals surface area contributed by atoms with E-state index in [2.05, 4.69) is 15.8 Å². The van der Waals surface area contributed by atoms with Crippen molar-refractivity contribution in [1.29, 1.82) is 0 Å². The van der Waals surface area contributed by atoms with Crippen LogP contribution in [-0.4, -0.2) is 21.5 Å². The molecule has 108 valence electrons. The summed E-state index contributed by atoms with van der Waals surface area (Å²) in [6.45, 7) is 1.98. The molecule has 0 amide bonds. The molecule has 0 heterocycles. The molecule has 0 aliphatic heterocycles. The first-order valence-corrected chi connectivity index (χ1v) is 6.65. The van der Waals surface area contributed by atoms with Gasteiger partial charge in [0, 0.05) is 5.69 Å². The number of aryl methyl sites for hydroxylation is 1. The van der Waals surface area contributed by atoms with E-state index in [-0.39, 0.29) is 11.5 Å². The van der Waals surface area contributed by atoms with Gasteiger partial charge < -0.3 is 15.5 Å². The molecule has 6 heteroatoms. The second-order valence-corrected chi connectivity index (χ2v) is 4.80. The number of hydrogen-bond acceptors (Lipinski definition) is 4. The first-order valence-electron chi connectivity index (χ1n) is 6.24. The Kier molecular flexibility index (Phi) is 4.73. The van der Waals surface area contributed by atoms with Gasteiger partial charge in [-0.25, -0.2) is 0 Å². The Bertz CT molecular complexity index is 686. The van der Waals surface area contributed by atoms with Gasteiger partial charge in [-0.05, 0) is 54.5 Å². The summed E-state index contributed by atoms with van der Waals surface area (Å²) in [6, 6.07) is 12.2. The predicted molar refractivity (Wildman–Crippen MR) is 87.9 cm³/mol. The molecule has 0 bridgehead atoms. The average molecular weight is 301 g/mol. The van der Waals surface area contributed by atoms with E-state index in [1.165, 1.54) is 18.3 Å². The van der Waals surface area contributed by atoms with Crippen molar-refractivity contribution in [2.75, 3.05) is 5.32 Å². The van der Waals surface area contributed by atoms with E-state index in [0.29, 0.717) is 10.7 Å². The fourth-order valence-corrected chi connectivity index (χ4v) is 1.81. The van der Waals surface area contributed by atoms with Crippen LogP contribution in [0.3, 0.4) is 0 Å². The highest BCUT2D eigenvalue weighted by atomic mass is 32.1. The van der Waals surface area contributed by atoms with Crippen molar-refractivity contribution in [3.05, 3.63) is 53.6 Å². The molecular weight excluding hydrogens is 286 g/mol. The number of thiocarbonyl (C=S) groups is 1. The largest absolute Gasteiger partial charge is 0.504 e. The maximum atomic E-state index is 9.36. The number of hydrogen-bond donors (Lipinski definition) is 4. The molecule has 21 heavy (non-hydrogen) atoms. The molecule has 2 aromatic rings. The van der Waals surface area contributed by atoms with Crippen LogP contribution in [0.15, 0.2) is 47.6 Å². The minimum atomic E-state index is -0.195. The molecular formula is C15H15N3O2S. The van der Waals surface area contributed by atoms with Gasteiger partial charge in [-0.3, -0.25) is 5.43 Å². The third kappa shape index (κ3) is 4.19. The number of phenols is 2. The first kappa shape index (κ1) is 14.8. The zero-order chi connectivity index (χ0) is 15.2. The van der Waals surface area contributed by atoms with Crippen molar-refractivity contribution < 1.29 is 10.2 Å². The monoisotopic (exact) mass is 301 g/mol. The number of benzene rings is 2. The molecule has 2 aromatic carbocycles. The van der Waals surface area contributed by atoms with Crippen LogP contribution in [0.2, 0.25) is 0 Å². The summed E-state index contributed by atoms with van der Waals surface area (Å²) in [5.74, 6) is -0.364. The predicted octanol–water partition coefficient (Wildman–Crippen LogP) is 2.73. The number of anilines is 1. The van der Waals surface area contributed by atoms with Crippen molar-refractivity contribution in [2.45, 2.75) is 6.92 Å². The van der Waals surface area contributed by atoms with Crippen LogP contribution in [-0.2, 0) is 0 Å². The molecule has 0 radical (unpaired) electrons. The number of para-hydroxylation sites is 1. The summed E-state index contributed by atoms with van der Waals surface area (Å²) in [5.41, 5.74) is 5.31. The quantitative estimate of drug-likeness (QED) is 0.303. The number of phenolic OH excluding ortho intramolecular Hbond substituents is 2. The Hall–Kier alpha value is -2.60. The van der Waals surface area contributed by atoms with Gasteiger partial charge in [0.05, 0.1) is 6.21 Å². The summed E-state index contributed by atoms with van der Waals surface area (Å²) in [4.78, 5) is 0. The maximum absolute atomic E-state index is 9.36. The van der Waals surface area contributed by atoms with Crippen LogP contribution in [0, 0.1) is 6.92 Å². The van der Waals surface area contributed by atoms with E-state index in [4.69, 9.17) is 12.2 Å².